The maximum Gasteiger partial charge on any atom is 0.352 e. The molecule has 142 valence electrons. The summed E-state index contributed by atoms with van der Waals surface area (Å²) in [5.74, 6) is -3.19. The van der Waals surface area contributed by atoms with Crippen LogP contribution < -0.4 is 0 Å². The molecule has 27 heavy (non-hydrogen) atoms. The Kier molecular flexibility index (Phi) is 7.50. The molecule has 0 saturated carbocycles. The Labute approximate surface area is 174 Å². The first-order valence-electron chi connectivity index (χ1n) is 8.35. The average Bonchev–Trinajstić information content (AvgIpc) is 2.64. The van der Waals surface area contributed by atoms with E-state index in [1.54, 1.807) is 37.3 Å². The molecule has 0 amide bonds. The molecule has 0 fully saturated rings. The lowest BCUT2D eigenvalue weighted by atomic mass is 9.80. The molecule has 0 heterocycles. The third kappa shape index (κ3) is 5.14. The quantitative estimate of drug-likeness (QED) is 0.355. The highest BCUT2D eigenvalue weighted by atomic mass is 79.9. The molecule has 3 nitrogen and oxygen atoms in total. The van der Waals surface area contributed by atoms with Gasteiger partial charge in [-0.3, -0.25) is 4.79 Å². The number of alkyl halides is 1. The van der Waals surface area contributed by atoms with Gasteiger partial charge >= 0.3 is 5.97 Å². The highest BCUT2D eigenvalue weighted by Gasteiger charge is 2.52. The monoisotopic (exact) mass is 496 g/mol. The van der Waals surface area contributed by atoms with Crippen molar-refractivity contribution in [1.82, 2.24) is 0 Å². The standard InChI is InChI=1S/C21H19Br2FO3/c1-3-27-20(26)21(24,14(2)25)19(16-7-11-18(23)12-8-16)13-6-15-4-9-17(22)10-5-15/h4-13,19H,3H2,1-2H3/b13-6+. The Morgan fingerprint density at radius 2 is 1.59 bits per heavy atom. The van der Waals surface area contributed by atoms with Crippen LogP contribution in [0.25, 0.3) is 6.08 Å². The second kappa shape index (κ2) is 9.42. The van der Waals surface area contributed by atoms with Gasteiger partial charge in [0.2, 0.25) is 0 Å². The Hall–Kier alpha value is -1.79. The number of hydrogen-bond donors (Lipinski definition) is 0. The van der Waals surface area contributed by atoms with Crippen molar-refractivity contribution >= 4 is 49.7 Å². The molecule has 2 atom stereocenters. The van der Waals surface area contributed by atoms with E-state index in [9.17, 15) is 9.59 Å². The molecule has 6 heteroatoms. The van der Waals surface area contributed by atoms with Crippen molar-refractivity contribution < 1.29 is 18.7 Å². The number of allylic oxidation sites excluding steroid dienone is 1. The smallest absolute Gasteiger partial charge is 0.352 e. The summed E-state index contributed by atoms with van der Waals surface area (Å²) < 4.78 is 22.4. The SMILES string of the molecule is CCOC(=O)C(F)(C(C)=O)C(/C=C/c1ccc(Br)cc1)c1ccc(Br)cc1. The number of carbonyl (C=O) groups excluding carboxylic acids is 2. The number of hydrogen-bond acceptors (Lipinski definition) is 3. The number of Topliss-reactive ketones (excluding diaryl/α,β-unsaturated/α-hetero) is 1. The minimum atomic E-state index is -2.81. The molecule has 0 saturated heterocycles. The van der Waals surface area contributed by atoms with Crippen LogP contribution in [0.5, 0.6) is 0 Å². The fourth-order valence-corrected chi connectivity index (χ4v) is 3.18. The molecule has 2 aromatic rings. The highest BCUT2D eigenvalue weighted by molar-refractivity contribution is 9.10. The number of esters is 1. The normalized spacial score (nSPS) is 14.6. The van der Waals surface area contributed by atoms with Crippen LogP contribution in [0, 0.1) is 0 Å². The summed E-state index contributed by atoms with van der Waals surface area (Å²) in [5.41, 5.74) is -1.50. The maximum atomic E-state index is 15.8. The van der Waals surface area contributed by atoms with Crippen molar-refractivity contribution in [2.75, 3.05) is 6.61 Å². The molecule has 0 bridgehead atoms. The maximum absolute atomic E-state index is 15.8. The van der Waals surface area contributed by atoms with Gasteiger partial charge in [-0.15, -0.1) is 0 Å². The van der Waals surface area contributed by atoms with Crippen molar-refractivity contribution in [2.45, 2.75) is 25.4 Å². The van der Waals surface area contributed by atoms with Gasteiger partial charge in [0.1, 0.15) is 0 Å². The molecule has 2 aromatic carbocycles. The van der Waals surface area contributed by atoms with Gasteiger partial charge in [0.05, 0.1) is 12.5 Å². The van der Waals surface area contributed by atoms with Gasteiger partial charge in [-0.2, -0.15) is 0 Å². The molecule has 0 aliphatic rings. The van der Waals surface area contributed by atoms with E-state index in [4.69, 9.17) is 4.74 Å². The Balaban J connectivity index is 2.53. The van der Waals surface area contributed by atoms with Crippen molar-refractivity contribution in [3.8, 4) is 0 Å². The first kappa shape index (κ1) is 21.5. The molecule has 0 aromatic heterocycles. The molecule has 0 spiro atoms. The van der Waals surface area contributed by atoms with Gasteiger partial charge in [0, 0.05) is 8.95 Å². The van der Waals surface area contributed by atoms with E-state index in [0.29, 0.717) is 5.56 Å². The van der Waals surface area contributed by atoms with Crippen LogP contribution in [-0.4, -0.2) is 24.0 Å². The summed E-state index contributed by atoms with van der Waals surface area (Å²) in [6.07, 6.45) is 3.22. The van der Waals surface area contributed by atoms with Gasteiger partial charge in [-0.05, 0) is 49.2 Å². The summed E-state index contributed by atoms with van der Waals surface area (Å²) in [6.45, 7) is 2.63. The fourth-order valence-electron chi connectivity index (χ4n) is 2.65. The Bertz CT molecular complexity index is 832. The number of benzene rings is 2. The lowest BCUT2D eigenvalue weighted by Gasteiger charge is -2.28. The van der Waals surface area contributed by atoms with Crippen LogP contribution in [-0.2, 0) is 14.3 Å². The third-order valence-corrected chi connectivity index (χ3v) is 5.15. The predicted molar refractivity (Wildman–Crippen MR) is 111 cm³/mol. The van der Waals surface area contributed by atoms with Gasteiger partial charge in [-0.25, -0.2) is 9.18 Å². The van der Waals surface area contributed by atoms with Crippen LogP contribution in [0.2, 0.25) is 0 Å². The first-order valence-corrected chi connectivity index (χ1v) is 9.94. The molecule has 0 aliphatic carbocycles. The molecular formula is C21H19Br2FO3. The van der Waals surface area contributed by atoms with E-state index in [2.05, 4.69) is 31.9 Å². The molecule has 0 N–H and O–H groups in total. The average molecular weight is 498 g/mol. The van der Waals surface area contributed by atoms with E-state index in [-0.39, 0.29) is 6.61 Å². The number of rotatable bonds is 7. The fraction of sp³-hybridized carbons (Fsp3) is 0.238. The van der Waals surface area contributed by atoms with Gasteiger partial charge in [0.15, 0.2) is 5.78 Å². The lowest BCUT2D eigenvalue weighted by Crippen LogP contribution is -2.47. The van der Waals surface area contributed by atoms with Crippen LogP contribution in [0.4, 0.5) is 4.39 Å². The van der Waals surface area contributed by atoms with E-state index < -0.39 is 23.3 Å². The van der Waals surface area contributed by atoms with Crippen LogP contribution in [0.3, 0.4) is 0 Å². The topological polar surface area (TPSA) is 43.4 Å². The molecule has 2 rings (SSSR count). The zero-order chi connectivity index (χ0) is 20.0. The zero-order valence-corrected chi connectivity index (χ0v) is 18.1. The predicted octanol–water partition coefficient (Wildman–Crippen LogP) is 5.87. The van der Waals surface area contributed by atoms with E-state index in [0.717, 1.165) is 21.4 Å². The van der Waals surface area contributed by atoms with Gasteiger partial charge < -0.3 is 4.74 Å². The van der Waals surface area contributed by atoms with Crippen LogP contribution >= 0.6 is 31.9 Å². The summed E-state index contributed by atoms with van der Waals surface area (Å²) in [5, 5.41) is 0. The minimum Gasteiger partial charge on any atom is -0.463 e. The first-order chi connectivity index (χ1) is 12.8. The molecular weight excluding hydrogens is 479 g/mol. The Morgan fingerprint density at radius 3 is 2.07 bits per heavy atom. The van der Waals surface area contributed by atoms with Crippen molar-refractivity contribution in [3.63, 3.8) is 0 Å². The van der Waals surface area contributed by atoms with E-state index in [1.165, 1.54) is 6.08 Å². The van der Waals surface area contributed by atoms with Crippen LogP contribution in [0.1, 0.15) is 30.9 Å². The second-order valence-electron chi connectivity index (χ2n) is 5.93. The van der Waals surface area contributed by atoms with Crippen molar-refractivity contribution in [1.29, 1.82) is 0 Å². The third-order valence-electron chi connectivity index (χ3n) is 4.09. The van der Waals surface area contributed by atoms with Crippen molar-refractivity contribution in [2.24, 2.45) is 0 Å². The highest BCUT2D eigenvalue weighted by Crippen LogP contribution is 2.37. The minimum absolute atomic E-state index is 0.0126. The summed E-state index contributed by atoms with van der Waals surface area (Å²) in [6, 6.07) is 14.2. The summed E-state index contributed by atoms with van der Waals surface area (Å²) in [4.78, 5) is 24.6. The zero-order valence-electron chi connectivity index (χ0n) is 14.9. The van der Waals surface area contributed by atoms with Gasteiger partial charge in [-0.1, -0.05) is 68.3 Å². The van der Waals surface area contributed by atoms with Crippen molar-refractivity contribution in [3.05, 3.63) is 74.7 Å². The molecule has 0 aliphatic heterocycles. The number of halogens is 3. The molecule has 0 radical (unpaired) electrons. The number of ketones is 1. The van der Waals surface area contributed by atoms with Crippen LogP contribution in [0.15, 0.2) is 63.6 Å². The second-order valence-corrected chi connectivity index (χ2v) is 7.76. The Morgan fingerprint density at radius 1 is 1.07 bits per heavy atom. The number of carbonyl (C=O) groups is 2. The summed E-state index contributed by atoms with van der Waals surface area (Å²) >= 11 is 6.70. The van der Waals surface area contributed by atoms with E-state index >= 15 is 4.39 Å². The van der Waals surface area contributed by atoms with Gasteiger partial charge in [0.25, 0.3) is 5.67 Å². The lowest BCUT2D eigenvalue weighted by molar-refractivity contribution is -0.162. The largest absolute Gasteiger partial charge is 0.463 e. The number of ether oxygens (including phenoxy) is 1. The molecule has 2 unspecified atom stereocenters. The summed E-state index contributed by atoms with van der Waals surface area (Å²) in [7, 11) is 0. The van der Waals surface area contributed by atoms with E-state index in [1.807, 2.05) is 24.3 Å².